The molecule has 194 valence electrons. The van der Waals surface area contributed by atoms with Gasteiger partial charge in [-0.25, -0.2) is 0 Å². The molecule has 1 heterocycles. The summed E-state index contributed by atoms with van der Waals surface area (Å²) in [6, 6.07) is 18.3. The van der Waals surface area contributed by atoms with Crippen LogP contribution < -0.4 is 4.74 Å². The van der Waals surface area contributed by atoms with E-state index in [9.17, 15) is 20.0 Å². The zero-order chi connectivity index (χ0) is 27.1. The number of hydrogen-bond donors (Lipinski definition) is 1. The molecule has 0 radical (unpaired) electrons. The lowest BCUT2D eigenvalue weighted by Gasteiger charge is -2.25. The first kappa shape index (κ1) is 26.6. The van der Waals surface area contributed by atoms with Gasteiger partial charge in [0, 0.05) is 13.0 Å². The third-order valence-electron chi connectivity index (χ3n) is 7.53. The van der Waals surface area contributed by atoms with Crippen LogP contribution in [0.3, 0.4) is 0 Å². The zero-order valence-corrected chi connectivity index (χ0v) is 21.6. The van der Waals surface area contributed by atoms with E-state index in [0.29, 0.717) is 17.1 Å². The van der Waals surface area contributed by atoms with Crippen molar-refractivity contribution in [1.29, 1.82) is 5.26 Å². The molecular weight excluding hydrogens is 474 g/mol. The molecule has 8 nitrogen and oxygen atoms in total. The zero-order valence-electron chi connectivity index (χ0n) is 21.6. The molecule has 8 heteroatoms. The highest BCUT2D eigenvalue weighted by Gasteiger charge is 2.78. The van der Waals surface area contributed by atoms with Crippen molar-refractivity contribution >= 4 is 11.8 Å². The van der Waals surface area contributed by atoms with E-state index in [1.54, 1.807) is 58.0 Å². The lowest BCUT2D eigenvalue weighted by molar-refractivity contribution is -0.232. The van der Waals surface area contributed by atoms with Crippen LogP contribution in [0.1, 0.15) is 39.2 Å². The fourth-order valence-corrected chi connectivity index (χ4v) is 5.49. The van der Waals surface area contributed by atoms with E-state index in [2.05, 4.69) is 6.07 Å². The summed E-state index contributed by atoms with van der Waals surface area (Å²) in [5.74, 6) is -4.68. The Morgan fingerprint density at radius 3 is 2.35 bits per heavy atom. The maximum atomic E-state index is 13.1. The molecule has 2 aromatic carbocycles. The number of benzene rings is 2. The van der Waals surface area contributed by atoms with E-state index in [1.807, 2.05) is 30.3 Å². The minimum absolute atomic E-state index is 0.0904. The Balaban J connectivity index is 1.64. The lowest BCUT2D eigenvalue weighted by Crippen LogP contribution is -2.43. The molecule has 0 spiro atoms. The minimum Gasteiger partial charge on any atom is -0.481 e. The van der Waals surface area contributed by atoms with Crippen molar-refractivity contribution in [3.8, 4) is 17.6 Å². The molecule has 37 heavy (non-hydrogen) atoms. The van der Waals surface area contributed by atoms with Gasteiger partial charge in [0.2, 0.25) is 5.78 Å². The maximum absolute atomic E-state index is 13.1. The van der Waals surface area contributed by atoms with Crippen LogP contribution in [-0.2, 0) is 23.8 Å². The highest BCUT2D eigenvalue weighted by molar-refractivity contribution is 5.96. The summed E-state index contributed by atoms with van der Waals surface area (Å²) in [4.78, 5) is 25.9. The average Bonchev–Trinajstić information content (AvgIpc) is 3.16. The monoisotopic (exact) mass is 505 g/mol. The van der Waals surface area contributed by atoms with Crippen molar-refractivity contribution in [2.45, 2.75) is 45.2 Å². The summed E-state index contributed by atoms with van der Waals surface area (Å²) in [5, 5.41) is 20.7. The number of aliphatic carboxylic acids is 1. The highest BCUT2D eigenvalue weighted by Crippen LogP contribution is 2.75. The topological polar surface area (TPSA) is 115 Å². The molecule has 1 saturated carbocycles. The van der Waals surface area contributed by atoms with Crippen molar-refractivity contribution in [2.75, 3.05) is 13.7 Å². The van der Waals surface area contributed by atoms with Crippen LogP contribution in [0.15, 0.2) is 66.7 Å². The van der Waals surface area contributed by atoms with E-state index in [1.165, 1.54) is 13.2 Å². The molecule has 0 aromatic heterocycles. The van der Waals surface area contributed by atoms with Gasteiger partial charge in [-0.05, 0) is 55.2 Å². The Bertz CT molecular complexity index is 1260. The Morgan fingerprint density at radius 2 is 1.78 bits per heavy atom. The number of carboxylic acid groups (broad SMARTS) is 1. The number of nitriles is 1. The first-order valence-electron chi connectivity index (χ1n) is 12.0. The van der Waals surface area contributed by atoms with Crippen molar-refractivity contribution < 1.29 is 33.6 Å². The van der Waals surface area contributed by atoms with E-state index in [4.69, 9.17) is 18.9 Å². The fourth-order valence-electron chi connectivity index (χ4n) is 5.49. The molecule has 0 bridgehead atoms. The number of rotatable bonds is 9. The van der Waals surface area contributed by atoms with Gasteiger partial charge >= 0.3 is 5.97 Å². The number of ether oxygens (including phenoxy) is 4. The third-order valence-corrected chi connectivity index (χ3v) is 7.53. The van der Waals surface area contributed by atoms with Crippen molar-refractivity contribution in [3.05, 3.63) is 72.3 Å². The number of para-hydroxylation sites is 1. The number of methoxy groups -OCH3 is 1. The summed E-state index contributed by atoms with van der Waals surface area (Å²) in [6.07, 6.45) is 2.84. The van der Waals surface area contributed by atoms with Crippen LogP contribution >= 0.6 is 0 Å². The number of allylic oxidation sites excluding steroid dienone is 1. The van der Waals surface area contributed by atoms with Gasteiger partial charge in [0.1, 0.15) is 23.5 Å². The molecule has 2 aromatic rings. The van der Waals surface area contributed by atoms with Crippen LogP contribution in [-0.4, -0.2) is 42.1 Å². The molecule has 1 saturated heterocycles. The Kier molecular flexibility index (Phi) is 6.76. The first-order valence-corrected chi connectivity index (χ1v) is 12.0. The second-order valence-corrected chi connectivity index (χ2v) is 10.4. The van der Waals surface area contributed by atoms with Gasteiger partial charge in [-0.1, -0.05) is 50.3 Å². The number of ketones is 1. The normalized spacial score (nSPS) is 28.4. The third kappa shape index (κ3) is 4.44. The summed E-state index contributed by atoms with van der Waals surface area (Å²) >= 11 is 0. The summed E-state index contributed by atoms with van der Waals surface area (Å²) < 4.78 is 22.5. The number of carboxylic acids is 1. The smallest absolute Gasteiger partial charge is 0.312 e. The van der Waals surface area contributed by atoms with Crippen LogP contribution in [0, 0.1) is 28.1 Å². The molecule has 0 amide bonds. The van der Waals surface area contributed by atoms with Crippen molar-refractivity contribution in [2.24, 2.45) is 16.7 Å². The number of nitrogens with zero attached hydrogens (tertiary/aromatic N) is 1. The molecule has 2 aliphatic rings. The number of carbonyl (C=O) groups excluding carboxylic acids is 1. The Hall–Kier alpha value is -3.51. The summed E-state index contributed by atoms with van der Waals surface area (Å²) in [5.41, 5.74) is -1.76. The van der Waals surface area contributed by atoms with Crippen LogP contribution in [0.25, 0.3) is 0 Å². The molecule has 2 fully saturated rings. The van der Waals surface area contributed by atoms with Gasteiger partial charge in [-0.3, -0.25) is 9.59 Å². The van der Waals surface area contributed by atoms with Gasteiger partial charge in [0.15, 0.2) is 5.79 Å². The molecule has 1 aliphatic carbocycles. The molecule has 1 unspecified atom stereocenters. The molecule has 4 rings (SSSR count). The van der Waals surface area contributed by atoms with Gasteiger partial charge in [0.25, 0.3) is 5.79 Å². The van der Waals surface area contributed by atoms with Gasteiger partial charge < -0.3 is 24.1 Å². The number of hydrogen-bond acceptors (Lipinski definition) is 7. The predicted octanol–water partition coefficient (Wildman–Crippen LogP) is 5.06. The molecule has 1 N–H and O–H groups in total. The molecule has 4 atom stereocenters. The summed E-state index contributed by atoms with van der Waals surface area (Å²) in [6.45, 7) is 6.85. The maximum Gasteiger partial charge on any atom is 0.312 e. The SMILES string of the molecule is COC1(C(=O)/C=C\[C@H]2C(C)(C)[C@]2(C(=O)O)[C@@H](C#N)c2cccc(Oc3ccccc3)c2)COC(C)(C)O1. The quantitative estimate of drug-likeness (QED) is 0.470. The van der Waals surface area contributed by atoms with Gasteiger partial charge in [-0.15, -0.1) is 0 Å². The van der Waals surface area contributed by atoms with Crippen LogP contribution in [0.5, 0.6) is 11.5 Å². The first-order chi connectivity index (χ1) is 17.4. The van der Waals surface area contributed by atoms with Crippen LogP contribution in [0.2, 0.25) is 0 Å². The minimum atomic E-state index is -1.61. The van der Waals surface area contributed by atoms with E-state index < -0.39 is 46.0 Å². The molecule has 1 aliphatic heterocycles. The largest absolute Gasteiger partial charge is 0.481 e. The lowest BCUT2D eigenvalue weighted by atomic mass is 9.78. The molecular formula is C29H31NO7. The predicted molar refractivity (Wildman–Crippen MR) is 134 cm³/mol. The highest BCUT2D eigenvalue weighted by atomic mass is 16.8. The second kappa shape index (κ2) is 9.42. The fraction of sp³-hybridized carbons (Fsp3) is 0.414. The van der Waals surface area contributed by atoms with E-state index >= 15 is 0 Å². The Labute approximate surface area is 216 Å². The van der Waals surface area contributed by atoms with Gasteiger partial charge in [0.05, 0.1) is 12.0 Å². The number of carbonyl (C=O) groups is 2. The van der Waals surface area contributed by atoms with Crippen LogP contribution in [0.4, 0.5) is 0 Å². The van der Waals surface area contributed by atoms with Crippen molar-refractivity contribution in [1.82, 2.24) is 0 Å². The summed E-state index contributed by atoms with van der Waals surface area (Å²) in [7, 11) is 1.36. The van der Waals surface area contributed by atoms with E-state index in [0.717, 1.165) is 0 Å². The van der Waals surface area contributed by atoms with E-state index in [-0.39, 0.29) is 6.61 Å². The van der Waals surface area contributed by atoms with Gasteiger partial charge in [-0.2, -0.15) is 5.26 Å². The Morgan fingerprint density at radius 1 is 1.11 bits per heavy atom. The second-order valence-electron chi connectivity index (χ2n) is 10.4. The van der Waals surface area contributed by atoms with Crippen molar-refractivity contribution in [3.63, 3.8) is 0 Å². The standard InChI is InChI=1S/C29H31NO7/c1-26(2)23(14-15-24(31)28(34-5)18-35-27(3,4)37-28)29(26,25(32)33)22(17-30)19-10-9-13-21(16-19)36-20-11-7-6-8-12-20/h6-16,22-23H,18H2,1-5H3,(H,32,33)/b15-14-/t22-,23-,28?,29+/m0/s1. The average molecular weight is 506 g/mol.